The molecule has 0 unspecified atom stereocenters. The molecule has 1 aliphatic rings. The highest BCUT2D eigenvalue weighted by Crippen LogP contribution is 2.32. The quantitative estimate of drug-likeness (QED) is 0.149. The smallest absolute Gasteiger partial charge is 0.0385 e. The van der Waals surface area contributed by atoms with Gasteiger partial charge in [0.15, 0.2) is 0 Å². The molecule has 0 amide bonds. The molecule has 244 valence electrons. The minimum atomic E-state index is 0.748. The Labute approximate surface area is 296 Å². The Kier molecular flexibility index (Phi) is 9.21. The van der Waals surface area contributed by atoms with Crippen LogP contribution in [0.1, 0.15) is 39.8 Å². The van der Waals surface area contributed by atoms with Crippen LogP contribution in [0.2, 0.25) is 0 Å². The maximum atomic E-state index is 3.79. The van der Waals surface area contributed by atoms with Gasteiger partial charge in [0.1, 0.15) is 0 Å². The molecule has 0 aromatic heterocycles. The van der Waals surface area contributed by atoms with Crippen molar-refractivity contribution < 1.29 is 0 Å². The number of fused-ring (bicyclic) bond motifs is 2. The van der Waals surface area contributed by atoms with E-state index in [1.54, 1.807) is 0 Å². The van der Waals surface area contributed by atoms with E-state index in [0.717, 1.165) is 32.5 Å². The van der Waals surface area contributed by atoms with Gasteiger partial charge in [-0.25, -0.2) is 5.01 Å². The van der Waals surface area contributed by atoms with E-state index in [-0.39, 0.29) is 0 Å². The molecule has 1 aliphatic carbocycles. The number of allylic oxidation sites excluding steroid dienone is 1. The molecule has 0 saturated heterocycles. The van der Waals surface area contributed by atoms with E-state index in [2.05, 4.69) is 187 Å². The van der Waals surface area contributed by atoms with Gasteiger partial charge in [-0.2, -0.15) is 0 Å². The second-order valence-corrected chi connectivity index (χ2v) is 13.5. The zero-order chi connectivity index (χ0) is 33.7. The first kappa shape index (κ1) is 31.7. The van der Waals surface area contributed by atoms with Gasteiger partial charge in [0.25, 0.3) is 0 Å². The lowest BCUT2D eigenvalue weighted by Crippen LogP contribution is -2.36. The molecule has 0 radical (unpaired) electrons. The number of benzene rings is 7. The third-order valence-electron chi connectivity index (χ3n) is 9.97. The SMILES string of the molecule is Cc1ccc(-c2ccc(CN(Cc3ccc(-c4cccc5c4C=CCC5)cc3)NCc3ccc(-c4cccc5ccccc45)cc3)cc2)cc1. The molecule has 0 saturated carbocycles. The molecule has 0 aliphatic heterocycles. The van der Waals surface area contributed by atoms with Crippen molar-refractivity contribution in [2.75, 3.05) is 0 Å². The second-order valence-electron chi connectivity index (χ2n) is 13.5. The van der Waals surface area contributed by atoms with Gasteiger partial charge in [0.2, 0.25) is 0 Å². The van der Waals surface area contributed by atoms with Gasteiger partial charge in [-0.1, -0.05) is 175 Å². The fourth-order valence-corrected chi connectivity index (χ4v) is 7.15. The van der Waals surface area contributed by atoms with Gasteiger partial charge < -0.3 is 0 Å². The summed E-state index contributed by atoms with van der Waals surface area (Å²) in [6, 6.07) is 57.8. The summed E-state index contributed by atoms with van der Waals surface area (Å²) in [5, 5.41) is 4.91. The Hall–Kier alpha value is -5.54. The summed E-state index contributed by atoms with van der Waals surface area (Å²) in [6.07, 6.45) is 6.85. The molecule has 0 bridgehead atoms. The summed E-state index contributed by atoms with van der Waals surface area (Å²) >= 11 is 0. The monoisotopic (exact) mass is 646 g/mol. The van der Waals surface area contributed by atoms with Crippen molar-refractivity contribution in [2.24, 2.45) is 0 Å². The van der Waals surface area contributed by atoms with Gasteiger partial charge in [0.05, 0.1) is 0 Å². The van der Waals surface area contributed by atoms with Crippen molar-refractivity contribution in [3.63, 3.8) is 0 Å². The first-order valence-corrected chi connectivity index (χ1v) is 17.8. The van der Waals surface area contributed by atoms with Crippen LogP contribution < -0.4 is 5.43 Å². The number of hydrazine groups is 1. The third kappa shape index (κ3) is 7.09. The highest BCUT2D eigenvalue weighted by Gasteiger charge is 2.13. The van der Waals surface area contributed by atoms with Gasteiger partial charge in [0, 0.05) is 19.6 Å². The summed E-state index contributed by atoms with van der Waals surface area (Å²) in [7, 11) is 0. The minimum absolute atomic E-state index is 0.748. The fourth-order valence-electron chi connectivity index (χ4n) is 7.15. The van der Waals surface area contributed by atoms with Crippen LogP contribution >= 0.6 is 0 Å². The second kappa shape index (κ2) is 14.5. The molecule has 2 nitrogen and oxygen atoms in total. The predicted molar refractivity (Wildman–Crippen MR) is 211 cm³/mol. The number of nitrogens with zero attached hydrogens (tertiary/aromatic N) is 1. The summed E-state index contributed by atoms with van der Waals surface area (Å²) in [5.41, 5.74) is 19.3. The molecular weight excluding hydrogens is 605 g/mol. The van der Waals surface area contributed by atoms with Gasteiger partial charge >= 0.3 is 0 Å². The van der Waals surface area contributed by atoms with Crippen molar-refractivity contribution in [3.05, 3.63) is 197 Å². The molecular formula is C48H42N2. The highest BCUT2D eigenvalue weighted by molar-refractivity contribution is 5.96. The Morgan fingerprint density at radius 3 is 1.80 bits per heavy atom. The topological polar surface area (TPSA) is 15.3 Å². The maximum Gasteiger partial charge on any atom is 0.0385 e. The third-order valence-corrected chi connectivity index (χ3v) is 9.97. The molecule has 0 heterocycles. The standard InChI is InChI=1S/C48H42N2/c1-35-16-24-39(25-17-35)40-26-20-37(21-27-40)33-50(34-38-22-30-44(31-23-38)48-15-7-11-42-9-3-5-13-46(42)48)49-32-36-18-28-43(29-19-36)47-14-6-10-41-8-2-4-12-45(41)47/h2,4-8,10-31,49H,3,9,32-34H2,1H3. The van der Waals surface area contributed by atoms with Crippen molar-refractivity contribution >= 4 is 16.8 Å². The van der Waals surface area contributed by atoms with E-state index in [0.29, 0.717) is 0 Å². The average Bonchev–Trinajstić information content (AvgIpc) is 3.18. The van der Waals surface area contributed by atoms with Crippen LogP contribution in [0, 0.1) is 6.92 Å². The summed E-state index contributed by atoms with van der Waals surface area (Å²) in [4.78, 5) is 0. The van der Waals surface area contributed by atoms with Crippen LogP contribution in [0.5, 0.6) is 0 Å². The maximum absolute atomic E-state index is 3.79. The summed E-state index contributed by atoms with van der Waals surface area (Å²) in [5.74, 6) is 0. The van der Waals surface area contributed by atoms with E-state index >= 15 is 0 Å². The molecule has 8 rings (SSSR count). The van der Waals surface area contributed by atoms with Gasteiger partial charge in [-0.3, -0.25) is 5.43 Å². The first-order valence-electron chi connectivity index (χ1n) is 17.8. The molecule has 1 N–H and O–H groups in total. The van der Waals surface area contributed by atoms with Crippen LogP contribution in [-0.4, -0.2) is 5.01 Å². The molecule has 0 atom stereocenters. The van der Waals surface area contributed by atoms with Crippen LogP contribution in [0.4, 0.5) is 0 Å². The first-order chi connectivity index (χ1) is 24.7. The summed E-state index contributed by atoms with van der Waals surface area (Å²) in [6.45, 7) is 4.47. The highest BCUT2D eigenvalue weighted by atomic mass is 15.5. The fraction of sp³-hybridized carbons (Fsp3) is 0.125. The van der Waals surface area contributed by atoms with Crippen molar-refractivity contribution in [1.29, 1.82) is 0 Å². The van der Waals surface area contributed by atoms with Crippen LogP contribution in [0.15, 0.2) is 164 Å². The number of hydrogen-bond acceptors (Lipinski definition) is 2. The number of aryl methyl sites for hydroxylation is 2. The number of rotatable bonds is 10. The van der Waals surface area contributed by atoms with Crippen molar-refractivity contribution in [2.45, 2.75) is 39.4 Å². The zero-order valence-electron chi connectivity index (χ0n) is 28.6. The Morgan fingerprint density at radius 2 is 1.08 bits per heavy atom. The number of nitrogens with one attached hydrogen (secondary N) is 1. The van der Waals surface area contributed by atoms with Crippen LogP contribution in [-0.2, 0) is 26.1 Å². The lowest BCUT2D eigenvalue weighted by molar-refractivity contribution is 0.165. The minimum Gasteiger partial charge on any atom is -0.250 e. The average molecular weight is 647 g/mol. The largest absolute Gasteiger partial charge is 0.250 e. The molecule has 7 aromatic carbocycles. The molecule has 2 heteroatoms. The van der Waals surface area contributed by atoms with Crippen molar-refractivity contribution in [1.82, 2.24) is 10.4 Å². The van der Waals surface area contributed by atoms with E-state index in [9.17, 15) is 0 Å². The van der Waals surface area contributed by atoms with Crippen molar-refractivity contribution in [3.8, 4) is 33.4 Å². The van der Waals surface area contributed by atoms with Gasteiger partial charge in [-0.15, -0.1) is 0 Å². The molecule has 0 fully saturated rings. The lowest BCUT2D eigenvalue weighted by atomic mass is 9.90. The Morgan fingerprint density at radius 1 is 0.520 bits per heavy atom. The lowest BCUT2D eigenvalue weighted by Gasteiger charge is -2.24. The predicted octanol–water partition coefficient (Wildman–Crippen LogP) is 11.8. The van der Waals surface area contributed by atoms with Gasteiger partial charge in [-0.05, 0) is 91.7 Å². The van der Waals surface area contributed by atoms with E-state index in [4.69, 9.17) is 0 Å². The summed E-state index contributed by atoms with van der Waals surface area (Å²) < 4.78 is 0. The van der Waals surface area contributed by atoms with Crippen LogP contribution in [0.3, 0.4) is 0 Å². The molecule has 0 spiro atoms. The number of hydrogen-bond donors (Lipinski definition) is 1. The van der Waals surface area contributed by atoms with E-state index in [1.165, 1.54) is 77.5 Å². The van der Waals surface area contributed by atoms with E-state index < -0.39 is 0 Å². The molecule has 50 heavy (non-hydrogen) atoms. The Balaban J connectivity index is 1.01. The normalized spacial score (nSPS) is 12.4. The zero-order valence-corrected chi connectivity index (χ0v) is 28.6. The van der Waals surface area contributed by atoms with Crippen LogP contribution in [0.25, 0.3) is 50.2 Å². The Bertz CT molecular complexity index is 2240. The molecule has 7 aromatic rings. The van der Waals surface area contributed by atoms with E-state index in [1.807, 2.05) is 0 Å².